The van der Waals surface area contributed by atoms with Crippen molar-refractivity contribution in [2.45, 2.75) is 40.5 Å². The predicted octanol–water partition coefficient (Wildman–Crippen LogP) is 4.76. The fourth-order valence-corrected chi connectivity index (χ4v) is 3.57. The first-order valence-corrected chi connectivity index (χ1v) is 9.56. The van der Waals surface area contributed by atoms with Gasteiger partial charge in [-0.05, 0) is 45.9 Å². The Morgan fingerprint density at radius 1 is 1.04 bits per heavy atom. The van der Waals surface area contributed by atoms with Crippen molar-refractivity contribution in [3.63, 3.8) is 0 Å². The highest BCUT2D eigenvalue weighted by molar-refractivity contribution is 7.12. The van der Waals surface area contributed by atoms with Gasteiger partial charge >= 0.3 is 0 Å². The Labute approximate surface area is 158 Å². The third kappa shape index (κ3) is 5.33. The van der Waals surface area contributed by atoms with E-state index in [2.05, 4.69) is 5.32 Å². The van der Waals surface area contributed by atoms with Gasteiger partial charge in [0.15, 0.2) is 5.78 Å². The Hall–Kier alpha value is -2.34. The van der Waals surface area contributed by atoms with Crippen molar-refractivity contribution in [1.82, 2.24) is 0 Å². The van der Waals surface area contributed by atoms with E-state index in [1.165, 1.54) is 0 Å². The van der Waals surface area contributed by atoms with Crippen molar-refractivity contribution in [2.75, 3.05) is 18.5 Å². The molecular formula is C20H25NO4S. The van der Waals surface area contributed by atoms with Crippen molar-refractivity contribution in [2.24, 2.45) is 0 Å². The third-order valence-electron chi connectivity index (χ3n) is 3.76. The van der Waals surface area contributed by atoms with Crippen LogP contribution in [-0.2, 0) is 4.79 Å². The number of rotatable bonds is 9. The fourth-order valence-electron chi connectivity index (χ4n) is 2.63. The van der Waals surface area contributed by atoms with Crippen LogP contribution in [0.2, 0.25) is 0 Å². The van der Waals surface area contributed by atoms with Gasteiger partial charge in [-0.2, -0.15) is 0 Å². The molecule has 0 radical (unpaired) electrons. The van der Waals surface area contributed by atoms with Gasteiger partial charge in [0, 0.05) is 34.2 Å². The average molecular weight is 375 g/mol. The number of aryl methyl sites for hydroxylation is 2. The summed E-state index contributed by atoms with van der Waals surface area (Å²) < 4.78 is 11.0. The van der Waals surface area contributed by atoms with Gasteiger partial charge < -0.3 is 14.8 Å². The van der Waals surface area contributed by atoms with E-state index in [1.54, 1.807) is 29.5 Å². The lowest BCUT2D eigenvalue weighted by Crippen LogP contribution is -2.14. The van der Waals surface area contributed by atoms with Crippen LogP contribution in [0.5, 0.6) is 11.5 Å². The number of benzene rings is 1. The molecule has 0 aliphatic carbocycles. The molecule has 6 heteroatoms. The lowest BCUT2D eigenvalue weighted by atomic mass is 10.1. The Bertz CT molecular complexity index is 782. The first kappa shape index (κ1) is 20.0. The number of carbonyl (C=O) groups excluding carboxylic acids is 2. The van der Waals surface area contributed by atoms with Crippen molar-refractivity contribution in [3.05, 3.63) is 39.6 Å². The number of ether oxygens (including phenoxy) is 2. The maximum absolute atomic E-state index is 12.3. The molecular weight excluding hydrogens is 350 g/mol. The molecule has 0 saturated heterocycles. The molecule has 0 spiro atoms. The number of Topliss-reactive ketones (excluding diaryl/α,β-unsaturated/α-hetero) is 1. The minimum atomic E-state index is -0.224. The van der Waals surface area contributed by atoms with E-state index in [4.69, 9.17) is 9.47 Å². The highest BCUT2D eigenvalue weighted by Gasteiger charge is 2.15. The first-order valence-electron chi connectivity index (χ1n) is 8.74. The molecule has 0 aliphatic rings. The Morgan fingerprint density at radius 3 is 2.38 bits per heavy atom. The quantitative estimate of drug-likeness (QED) is 0.642. The molecule has 5 nitrogen and oxygen atoms in total. The highest BCUT2D eigenvalue weighted by Crippen LogP contribution is 2.30. The van der Waals surface area contributed by atoms with Gasteiger partial charge in [-0.3, -0.25) is 9.59 Å². The SMILES string of the molecule is CCOc1ccc(OCC)c(NC(=O)CCC(=O)c2cc(C)sc2C)c1. The third-order valence-corrected chi connectivity index (χ3v) is 4.72. The Balaban J connectivity index is 2.01. The molecule has 2 aromatic rings. The topological polar surface area (TPSA) is 64.6 Å². The maximum Gasteiger partial charge on any atom is 0.224 e. The van der Waals surface area contributed by atoms with Gasteiger partial charge in [-0.15, -0.1) is 11.3 Å². The summed E-state index contributed by atoms with van der Waals surface area (Å²) in [6.45, 7) is 8.71. The summed E-state index contributed by atoms with van der Waals surface area (Å²) in [7, 11) is 0. The monoisotopic (exact) mass is 375 g/mol. The Morgan fingerprint density at radius 2 is 1.77 bits per heavy atom. The number of thiophene rings is 1. The van der Waals surface area contributed by atoms with E-state index in [-0.39, 0.29) is 24.5 Å². The zero-order valence-electron chi connectivity index (χ0n) is 15.7. The molecule has 0 bridgehead atoms. The van der Waals surface area contributed by atoms with Gasteiger partial charge in [-0.25, -0.2) is 0 Å². The van der Waals surface area contributed by atoms with Gasteiger partial charge in [0.05, 0.1) is 18.9 Å². The van der Waals surface area contributed by atoms with Gasteiger partial charge in [0.25, 0.3) is 0 Å². The molecule has 0 atom stereocenters. The average Bonchev–Trinajstić information content (AvgIpc) is 2.94. The van der Waals surface area contributed by atoms with Crippen LogP contribution in [-0.4, -0.2) is 24.9 Å². The molecule has 0 unspecified atom stereocenters. The largest absolute Gasteiger partial charge is 0.494 e. The van der Waals surface area contributed by atoms with Crippen LogP contribution in [0, 0.1) is 13.8 Å². The molecule has 26 heavy (non-hydrogen) atoms. The maximum atomic E-state index is 12.3. The molecule has 2 rings (SSSR count). The number of hydrogen-bond donors (Lipinski definition) is 1. The summed E-state index contributed by atoms with van der Waals surface area (Å²) >= 11 is 1.60. The van der Waals surface area contributed by atoms with Gasteiger partial charge in [0.2, 0.25) is 5.91 Å². The van der Waals surface area contributed by atoms with Crippen LogP contribution in [0.1, 0.15) is 46.8 Å². The number of ketones is 1. The number of hydrogen-bond acceptors (Lipinski definition) is 5. The van der Waals surface area contributed by atoms with E-state index in [0.717, 1.165) is 9.75 Å². The molecule has 1 amide bonds. The molecule has 0 fully saturated rings. The van der Waals surface area contributed by atoms with E-state index in [1.807, 2.05) is 33.8 Å². The molecule has 1 aromatic heterocycles. The fraction of sp³-hybridized carbons (Fsp3) is 0.400. The molecule has 1 N–H and O–H groups in total. The summed E-state index contributed by atoms with van der Waals surface area (Å²) in [6.07, 6.45) is 0.301. The van der Waals surface area contributed by atoms with Crippen LogP contribution >= 0.6 is 11.3 Å². The summed E-state index contributed by atoms with van der Waals surface area (Å²) in [5, 5.41) is 2.83. The summed E-state index contributed by atoms with van der Waals surface area (Å²) in [5.74, 6) is 1.01. The van der Waals surface area contributed by atoms with Crippen LogP contribution in [0.3, 0.4) is 0 Å². The molecule has 1 aromatic carbocycles. The molecule has 140 valence electrons. The number of nitrogens with one attached hydrogen (secondary N) is 1. The van der Waals surface area contributed by atoms with Gasteiger partial charge in [-0.1, -0.05) is 0 Å². The number of anilines is 1. The number of carbonyl (C=O) groups is 2. The van der Waals surface area contributed by atoms with Crippen molar-refractivity contribution in [3.8, 4) is 11.5 Å². The highest BCUT2D eigenvalue weighted by atomic mass is 32.1. The van der Waals surface area contributed by atoms with Crippen molar-refractivity contribution >= 4 is 28.7 Å². The molecule has 0 aliphatic heterocycles. The second-order valence-corrected chi connectivity index (χ2v) is 7.28. The summed E-state index contributed by atoms with van der Waals surface area (Å²) in [6, 6.07) is 7.20. The minimum absolute atomic E-state index is 0.00454. The molecule has 1 heterocycles. The minimum Gasteiger partial charge on any atom is -0.494 e. The normalized spacial score (nSPS) is 10.5. The van der Waals surface area contributed by atoms with Crippen LogP contribution < -0.4 is 14.8 Å². The lowest BCUT2D eigenvalue weighted by Gasteiger charge is -2.13. The van der Waals surface area contributed by atoms with Crippen LogP contribution in [0.25, 0.3) is 0 Å². The molecule has 0 saturated carbocycles. The number of amides is 1. The second-order valence-electron chi connectivity index (χ2n) is 5.82. The van der Waals surface area contributed by atoms with Crippen LogP contribution in [0.15, 0.2) is 24.3 Å². The lowest BCUT2D eigenvalue weighted by molar-refractivity contribution is -0.116. The smallest absolute Gasteiger partial charge is 0.224 e. The predicted molar refractivity (Wildman–Crippen MR) is 105 cm³/mol. The van der Waals surface area contributed by atoms with Crippen molar-refractivity contribution < 1.29 is 19.1 Å². The second kappa shape index (κ2) is 9.38. The summed E-state index contributed by atoms with van der Waals surface area (Å²) in [5.41, 5.74) is 1.27. The van der Waals surface area contributed by atoms with E-state index in [0.29, 0.717) is 36.0 Å². The first-order chi connectivity index (χ1) is 12.4. The van der Waals surface area contributed by atoms with E-state index >= 15 is 0 Å². The summed E-state index contributed by atoms with van der Waals surface area (Å²) in [4.78, 5) is 26.7. The van der Waals surface area contributed by atoms with Gasteiger partial charge in [0.1, 0.15) is 11.5 Å². The Kier molecular flexibility index (Phi) is 7.21. The zero-order valence-corrected chi connectivity index (χ0v) is 16.5. The van der Waals surface area contributed by atoms with E-state index < -0.39 is 0 Å². The standard InChI is InChI=1S/C20H25NO4S/c1-5-24-15-7-9-19(25-6-2)17(12-15)21-20(23)10-8-18(22)16-11-13(3)26-14(16)4/h7,9,11-12H,5-6,8,10H2,1-4H3,(H,21,23). The van der Waals surface area contributed by atoms with Crippen LogP contribution in [0.4, 0.5) is 5.69 Å². The zero-order chi connectivity index (χ0) is 19.1. The van der Waals surface area contributed by atoms with E-state index in [9.17, 15) is 9.59 Å². The van der Waals surface area contributed by atoms with Crippen molar-refractivity contribution in [1.29, 1.82) is 0 Å².